The first kappa shape index (κ1) is 28.6. The van der Waals surface area contributed by atoms with Crippen LogP contribution in [0, 0.1) is 0 Å². The smallest absolute Gasteiger partial charge is 0.238 e. The highest BCUT2D eigenvalue weighted by atomic mass is 15.2. The summed E-state index contributed by atoms with van der Waals surface area (Å²) in [6.45, 7) is 0. The first-order valence-corrected chi connectivity index (χ1v) is 17.4. The molecule has 0 spiro atoms. The predicted molar refractivity (Wildman–Crippen MR) is 212 cm³/mol. The highest BCUT2D eigenvalue weighted by Crippen LogP contribution is 2.39. The van der Waals surface area contributed by atoms with E-state index >= 15 is 0 Å². The number of imidazole rings is 1. The van der Waals surface area contributed by atoms with Gasteiger partial charge < -0.3 is 0 Å². The van der Waals surface area contributed by atoms with Crippen molar-refractivity contribution in [1.82, 2.24) is 28.9 Å². The molecule has 0 aliphatic rings. The van der Waals surface area contributed by atoms with Gasteiger partial charge >= 0.3 is 0 Å². The Bertz CT molecular complexity index is 3180. The number of fused-ring (bicyclic) bond motifs is 11. The minimum atomic E-state index is 0.570. The maximum atomic E-state index is 5.13. The number of hydrogen-bond donors (Lipinski definition) is 0. The van der Waals surface area contributed by atoms with E-state index in [1.54, 1.807) is 6.33 Å². The van der Waals surface area contributed by atoms with Crippen LogP contribution in [0.2, 0.25) is 0 Å². The summed E-state index contributed by atoms with van der Waals surface area (Å²) in [4.78, 5) is 19.7. The second-order valence-electron chi connectivity index (χ2n) is 13.2. The maximum Gasteiger partial charge on any atom is 0.238 e. The molecule has 0 atom stereocenters. The van der Waals surface area contributed by atoms with Gasteiger partial charge in [-0.05, 0) is 64.0 Å². The van der Waals surface area contributed by atoms with E-state index in [0.29, 0.717) is 11.8 Å². The van der Waals surface area contributed by atoms with Crippen molar-refractivity contribution in [2.24, 2.45) is 0 Å². The molecule has 6 heteroatoms. The molecule has 11 aromatic rings. The van der Waals surface area contributed by atoms with Crippen LogP contribution in [0.1, 0.15) is 0 Å². The molecular weight excluding hydrogens is 637 g/mol. The van der Waals surface area contributed by atoms with Gasteiger partial charge in [0.1, 0.15) is 12.0 Å². The van der Waals surface area contributed by atoms with Gasteiger partial charge in [0, 0.05) is 27.1 Å². The number of pyridine rings is 1. The van der Waals surface area contributed by atoms with Crippen LogP contribution in [-0.2, 0) is 0 Å². The number of aromatic nitrogens is 6. The molecule has 0 fully saturated rings. The molecule has 0 N–H and O–H groups in total. The summed E-state index contributed by atoms with van der Waals surface area (Å²) < 4.78 is 4.47. The van der Waals surface area contributed by atoms with Crippen LogP contribution in [0.4, 0.5) is 0 Å². The highest BCUT2D eigenvalue weighted by molar-refractivity contribution is 6.20. The van der Waals surface area contributed by atoms with Crippen molar-refractivity contribution in [3.8, 4) is 39.6 Å². The normalized spacial score (nSPS) is 11.8. The van der Waals surface area contributed by atoms with Crippen molar-refractivity contribution in [3.05, 3.63) is 170 Å². The molecular formula is C46H28N6. The lowest BCUT2D eigenvalue weighted by atomic mass is 9.99. The summed E-state index contributed by atoms with van der Waals surface area (Å²) in [6.07, 6.45) is 1.62. The van der Waals surface area contributed by atoms with Gasteiger partial charge in [-0.25, -0.2) is 15.0 Å². The molecule has 4 heterocycles. The topological polar surface area (TPSA) is 60.9 Å². The van der Waals surface area contributed by atoms with E-state index in [4.69, 9.17) is 15.0 Å². The molecule has 0 aliphatic heterocycles. The third-order valence-electron chi connectivity index (χ3n) is 10.3. The number of rotatable bonds is 4. The Labute approximate surface area is 297 Å². The molecule has 0 radical (unpaired) electrons. The Morgan fingerprint density at radius 1 is 0.365 bits per heavy atom. The minimum absolute atomic E-state index is 0.570. The van der Waals surface area contributed by atoms with Crippen molar-refractivity contribution in [2.75, 3.05) is 0 Å². The van der Waals surface area contributed by atoms with Gasteiger partial charge in [-0.15, -0.1) is 0 Å². The molecule has 11 rings (SSSR count). The van der Waals surface area contributed by atoms with Crippen LogP contribution < -0.4 is 0 Å². The Kier molecular flexibility index (Phi) is 6.15. The van der Waals surface area contributed by atoms with Crippen LogP contribution in [0.15, 0.2) is 170 Å². The summed E-state index contributed by atoms with van der Waals surface area (Å²) in [5, 5.41) is 5.76. The largest absolute Gasteiger partial charge is 0.292 e. The molecule has 7 aromatic carbocycles. The average Bonchev–Trinajstić information content (AvgIpc) is 3.77. The molecule has 0 saturated carbocycles. The van der Waals surface area contributed by atoms with Gasteiger partial charge in [0.25, 0.3) is 0 Å². The van der Waals surface area contributed by atoms with Gasteiger partial charge in [0.15, 0.2) is 5.82 Å². The Morgan fingerprint density at radius 2 is 1.00 bits per heavy atom. The third kappa shape index (κ3) is 4.31. The van der Waals surface area contributed by atoms with E-state index < -0.39 is 0 Å². The zero-order valence-electron chi connectivity index (χ0n) is 27.8. The van der Waals surface area contributed by atoms with E-state index in [9.17, 15) is 0 Å². The lowest BCUT2D eigenvalue weighted by Gasteiger charge is -2.11. The summed E-state index contributed by atoms with van der Waals surface area (Å²) in [7, 11) is 0. The fraction of sp³-hybridized carbons (Fsp3) is 0. The highest BCUT2D eigenvalue weighted by Gasteiger charge is 2.20. The Balaban J connectivity index is 1.10. The Hall–Kier alpha value is -7.18. The number of para-hydroxylation sites is 3. The molecule has 0 amide bonds. The van der Waals surface area contributed by atoms with Gasteiger partial charge in [0.05, 0.1) is 27.6 Å². The first-order valence-electron chi connectivity index (χ1n) is 17.4. The fourth-order valence-electron chi connectivity index (χ4n) is 7.84. The average molecular weight is 665 g/mol. The lowest BCUT2D eigenvalue weighted by Crippen LogP contribution is -2.03. The fourth-order valence-corrected chi connectivity index (χ4v) is 7.84. The van der Waals surface area contributed by atoms with Gasteiger partial charge in [0.2, 0.25) is 5.95 Å². The number of nitrogens with zero attached hydrogens (tertiary/aromatic N) is 6. The standard InChI is InChI=1S/C46H28N6/c1-2-11-29(12-3-1)30-21-23-31(24-22-30)32-13-10-14-33(25-32)44-47-28-48-46(50-44)52-40-19-8-6-16-35(40)38-26-37-34-15-4-5-17-36(34)45-49-39-18-7-9-20-41(39)51(45)42(37)27-43(38)52/h1-28H. The summed E-state index contributed by atoms with van der Waals surface area (Å²) >= 11 is 0. The zero-order chi connectivity index (χ0) is 34.2. The molecule has 242 valence electrons. The molecule has 0 unspecified atom stereocenters. The third-order valence-corrected chi connectivity index (χ3v) is 10.3. The monoisotopic (exact) mass is 664 g/mol. The van der Waals surface area contributed by atoms with E-state index in [1.165, 1.54) is 21.9 Å². The summed E-state index contributed by atoms with van der Waals surface area (Å²) in [5.74, 6) is 1.19. The van der Waals surface area contributed by atoms with Crippen molar-refractivity contribution in [2.45, 2.75) is 0 Å². The van der Waals surface area contributed by atoms with E-state index in [2.05, 4.69) is 166 Å². The van der Waals surface area contributed by atoms with Crippen LogP contribution >= 0.6 is 0 Å². The van der Waals surface area contributed by atoms with Crippen molar-refractivity contribution < 1.29 is 0 Å². The van der Waals surface area contributed by atoms with Crippen molar-refractivity contribution in [3.63, 3.8) is 0 Å². The number of benzene rings is 7. The first-order chi connectivity index (χ1) is 25.8. The van der Waals surface area contributed by atoms with Gasteiger partial charge in [-0.1, -0.05) is 127 Å². The van der Waals surface area contributed by atoms with Crippen LogP contribution in [0.5, 0.6) is 0 Å². The van der Waals surface area contributed by atoms with Gasteiger partial charge in [-0.3, -0.25) is 8.97 Å². The lowest BCUT2D eigenvalue weighted by molar-refractivity contribution is 0.947. The van der Waals surface area contributed by atoms with Crippen molar-refractivity contribution >= 4 is 60.2 Å². The molecule has 52 heavy (non-hydrogen) atoms. The summed E-state index contributed by atoms with van der Waals surface area (Å²) in [5.41, 5.74) is 11.7. The van der Waals surface area contributed by atoms with E-state index in [1.807, 2.05) is 12.1 Å². The van der Waals surface area contributed by atoms with Crippen LogP contribution in [0.25, 0.3) is 99.8 Å². The second kappa shape index (κ2) is 11.2. The van der Waals surface area contributed by atoms with E-state index in [0.717, 1.165) is 66.1 Å². The Morgan fingerprint density at radius 3 is 1.85 bits per heavy atom. The molecule has 0 bridgehead atoms. The molecule has 0 aliphatic carbocycles. The quantitative estimate of drug-likeness (QED) is 0.176. The second-order valence-corrected chi connectivity index (χ2v) is 13.2. The van der Waals surface area contributed by atoms with Crippen molar-refractivity contribution in [1.29, 1.82) is 0 Å². The van der Waals surface area contributed by atoms with Gasteiger partial charge in [-0.2, -0.15) is 4.98 Å². The maximum absolute atomic E-state index is 5.13. The zero-order valence-corrected chi connectivity index (χ0v) is 27.8. The minimum Gasteiger partial charge on any atom is -0.292 e. The summed E-state index contributed by atoms with van der Waals surface area (Å²) in [6, 6.07) is 57.6. The van der Waals surface area contributed by atoms with Crippen LogP contribution in [-0.4, -0.2) is 28.9 Å². The molecule has 0 saturated heterocycles. The van der Waals surface area contributed by atoms with Crippen LogP contribution in [0.3, 0.4) is 0 Å². The predicted octanol–water partition coefficient (Wildman–Crippen LogP) is 11.1. The number of hydrogen-bond acceptors (Lipinski definition) is 4. The van der Waals surface area contributed by atoms with E-state index in [-0.39, 0.29) is 0 Å². The molecule has 6 nitrogen and oxygen atoms in total. The molecule has 4 aromatic heterocycles. The SMILES string of the molecule is c1ccc(-c2ccc(-c3cccc(-c4ncnc(-n5c6ccccc6c6cc7c8ccccc8c8nc9ccccc9n8c7cc65)n4)c3)cc2)cc1.